The molecular weight excluding hydrogens is 220 g/mol. The highest BCUT2D eigenvalue weighted by Crippen LogP contribution is 2.22. The van der Waals surface area contributed by atoms with Crippen molar-refractivity contribution in [2.24, 2.45) is 0 Å². The first-order chi connectivity index (χ1) is 7.37. The molecule has 0 unspecified atom stereocenters. The summed E-state index contributed by atoms with van der Waals surface area (Å²) in [7, 11) is 0. The second-order valence-corrected chi connectivity index (χ2v) is 6.42. The SMILES string of the molecule is Cc1cccc(NC(=O)CSC(C)(C)C)n1. The molecule has 4 heteroatoms. The molecule has 3 nitrogen and oxygen atoms in total. The molecule has 0 fully saturated rings. The maximum Gasteiger partial charge on any atom is 0.235 e. The molecule has 88 valence electrons. The number of carbonyl (C=O) groups is 1. The molecule has 16 heavy (non-hydrogen) atoms. The molecule has 0 aliphatic heterocycles. The highest BCUT2D eigenvalue weighted by Gasteiger charge is 2.13. The van der Waals surface area contributed by atoms with Crippen molar-refractivity contribution in [3.8, 4) is 0 Å². The predicted octanol–water partition coefficient (Wildman–Crippen LogP) is 2.86. The molecule has 1 N–H and O–H groups in total. The summed E-state index contributed by atoms with van der Waals surface area (Å²) in [6, 6.07) is 5.58. The average molecular weight is 238 g/mol. The van der Waals surface area contributed by atoms with E-state index >= 15 is 0 Å². The number of nitrogens with one attached hydrogen (secondary N) is 1. The Balaban J connectivity index is 2.46. The Kier molecular flexibility index (Phi) is 4.35. The normalized spacial score (nSPS) is 11.2. The van der Waals surface area contributed by atoms with Crippen LogP contribution in [0.3, 0.4) is 0 Å². The number of nitrogens with zero attached hydrogens (tertiary/aromatic N) is 1. The zero-order chi connectivity index (χ0) is 12.2. The van der Waals surface area contributed by atoms with Crippen molar-refractivity contribution < 1.29 is 4.79 Å². The summed E-state index contributed by atoms with van der Waals surface area (Å²) in [6.07, 6.45) is 0. The van der Waals surface area contributed by atoms with Gasteiger partial charge in [-0.15, -0.1) is 11.8 Å². The lowest BCUT2D eigenvalue weighted by Gasteiger charge is -2.16. The first kappa shape index (κ1) is 13.0. The van der Waals surface area contributed by atoms with Crippen LogP contribution in [0, 0.1) is 6.92 Å². The Labute approximate surface area is 101 Å². The van der Waals surface area contributed by atoms with E-state index in [0.29, 0.717) is 11.6 Å². The molecule has 1 aromatic rings. The molecule has 0 aliphatic carbocycles. The van der Waals surface area contributed by atoms with Gasteiger partial charge in [-0.25, -0.2) is 4.98 Å². The standard InChI is InChI=1S/C12H18N2OS/c1-9-6-5-7-10(13-9)14-11(15)8-16-12(2,3)4/h5-7H,8H2,1-4H3,(H,13,14,15). The quantitative estimate of drug-likeness (QED) is 0.880. The van der Waals surface area contributed by atoms with Gasteiger partial charge < -0.3 is 5.32 Å². The van der Waals surface area contributed by atoms with Gasteiger partial charge in [0.1, 0.15) is 5.82 Å². The third-order valence-electron chi connectivity index (χ3n) is 1.79. The van der Waals surface area contributed by atoms with Crippen LogP contribution in [0.4, 0.5) is 5.82 Å². The highest BCUT2D eigenvalue weighted by atomic mass is 32.2. The van der Waals surface area contributed by atoms with E-state index < -0.39 is 0 Å². The molecule has 0 bridgehead atoms. The van der Waals surface area contributed by atoms with E-state index in [2.05, 4.69) is 31.1 Å². The summed E-state index contributed by atoms with van der Waals surface area (Å²) in [4.78, 5) is 15.8. The Morgan fingerprint density at radius 1 is 1.44 bits per heavy atom. The molecule has 1 aromatic heterocycles. The summed E-state index contributed by atoms with van der Waals surface area (Å²) in [5.41, 5.74) is 0.904. The Bertz CT molecular complexity index is 372. The minimum atomic E-state index is -0.00183. The van der Waals surface area contributed by atoms with Crippen molar-refractivity contribution in [3.05, 3.63) is 23.9 Å². The predicted molar refractivity (Wildman–Crippen MR) is 69.8 cm³/mol. The van der Waals surface area contributed by atoms with E-state index in [1.165, 1.54) is 0 Å². The van der Waals surface area contributed by atoms with Gasteiger partial charge in [-0.1, -0.05) is 26.8 Å². The molecule has 0 radical (unpaired) electrons. The number of hydrogen-bond acceptors (Lipinski definition) is 3. The Morgan fingerprint density at radius 2 is 2.12 bits per heavy atom. The molecule has 0 saturated heterocycles. The zero-order valence-corrected chi connectivity index (χ0v) is 11.0. The van der Waals surface area contributed by atoms with Gasteiger partial charge in [-0.05, 0) is 19.1 Å². The van der Waals surface area contributed by atoms with Gasteiger partial charge in [0.25, 0.3) is 0 Å². The lowest BCUT2D eigenvalue weighted by molar-refractivity contribution is -0.113. The van der Waals surface area contributed by atoms with Crippen molar-refractivity contribution in [1.29, 1.82) is 0 Å². The molecule has 1 heterocycles. The van der Waals surface area contributed by atoms with Gasteiger partial charge in [0, 0.05) is 10.4 Å². The smallest absolute Gasteiger partial charge is 0.235 e. The van der Waals surface area contributed by atoms with Crippen LogP contribution < -0.4 is 5.32 Å². The molecule has 0 spiro atoms. The Hall–Kier alpha value is -1.03. The third-order valence-corrected chi connectivity index (χ3v) is 3.06. The van der Waals surface area contributed by atoms with Crippen molar-refractivity contribution in [3.63, 3.8) is 0 Å². The second-order valence-electron chi connectivity index (χ2n) is 4.61. The van der Waals surface area contributed by atoms with Crippen LogP contribution >= 0.6 is 11.8 Å². The average Bonchev–Trinajstić information content (AvgIpc) is 2.14. The number of pyridine rings is 1. The largest absolute Gasteiger partial charge is 0.310 e. The van der Waals surface area contributed by atoms with Gasteiger partial charge in [0.2, 0.25) is 5.91 Å². The highest BCUT2D eigenvalue weighted by molar-refractivity contribution is 8.01. The van der Waals surface area contributed by atoms with Crippen LogP contribution in [-0.2, 0) is 4.79 Å². The van der Waals surface area contributed by atoms with E-state index in [1.54, 1.807) is 17.8 Å². The molecule has 0 aromatic carbocycles. The number of rotatable bonds is 3. The first-order valence-electron chi connectivity index (χ1n) is 5.24. The molecule has 1 rings (SSSR count). The minimum absolute atomic E-state index is 0.00183. The number of carbonyl (C=O) groups excluding carboxylic acids is 1. The first-order valence-corrected chi connectivity index (χ1v) is 6.23. The van der Waals surface area contributed by atoms with Crippen LogP contribution in [0.1, 0.15) is 26.5 Å². The summed E-state index contributed by atoms with van der Waals surface area (Å²) in [5.74, 6) is 1.08. The van der Waals surface area contributed by atoms with Crippen LogP contribution in [0.25, 0.3) is 0 Å². The topological polar surface area (TPSA) is 42.0 Å². The van der Waals surface area contributed by atoms with Crippen molar-refractivity contribution in [2.45, 2.75) is 32.4 Å². The third kappa shape index (κ3) is 5.16. The zero-order valence-electron chi connectivity index (χ0n) is 10.2. The van der Waals surface area contributed by atoms with Crippen molar-refractivity contribution >= 4 is 23.5 Å². The van der Waals surface area contributed by atoms with Gasteiger partial charge >= 0.3 is 0 Å². The molecule has 0 atom stereocenters. The maximum absolute atomic E-state index is 11.6. The summed E-state index contributed by atoms with van der Waals surface area (Å²) in [6.45, 7) is 8.18. The minimum Gasteiger partial charge on any atom is -0.310 e. The summed E-state index contributed by atoms with van der Waals surface area (Å²) < 4.78 is 0.109. The lowest BCUT2D eigenvalue weighted by Crippen LogP contribution is -2.19. The van der Waals surface area contributed by atoms with Gasteiger partial charge in [-0.2, -0.15) is 0 Å². The van der Waals surface area contributed by atoms with E-state index in [9.17, 15) is 4.79 Å². The van der Waals surface area contributed by atoms with Crippen molar-refractivity contribution in [1.82, 2.24) is 4.98 Å². The van der Waals surface area contributed by atoms with E-state index in [4.69, 9.17) is 0 Å². The fraction of sp³-hybridized carbons (Fsp3) is 0.500. The fourth-order valence-electron chi connectivity index (χ4n) is 1.07. The van der Waals surface area contributed by atoms with Crippen LogP contribution in [-0.4, -0.2) is 21.4 Å². The molecule has 0 saturated carbocycles. The molecule has 0 aliphatic rings. The van der Waals surface area contributed by atoms with E-state index in [1.807, 2.05) is 19.1 Å². The van der Waals surface area contributed by atoms with Gasteiger partial charge in [0.15, 0.2) is 0 Å². The molecule has 1 amide bonds. The number of aryl methyl sites for hydroxylation is 1. The van der Waals surface area contributed by atoms with Gasteiger partial charge in [0.05, 0.1) is 5.75 Å². The lowest BCUT2D eigenvalue weighted by atomic mass is 10.3. The van der Waals surface area contributed by atoms with Gasteiger partial charge in [-0.3, -0.25) is 4.79 Å². The van der Waals surface area contributed by atoms with Crippen molar-refractivity contribution in [2.75, 3.05) is 11.1 Å². The van der Waals surface area contributed by atoms with Crippen LogP contribution in [0.5, 0.6) is 0 Å². The molecular formula is C12H18N2OS. The van der Waals surface area contributed by atoms with Crippen LogP contribution in [0.2, 0.25) is 0 Å². The summed E-state index contributed by atoms with van der Waals surface area (Å²) >= 11 is 1.63. The van der Waals surface area contributed by atoms with E-state index in [-0.39, 0.29) is 10.7 Å². The fourth-order valence-corrected chi connectivity index (χ4v) is 1.71. The van der Waals surface area contributed by atoms with Crippen LogP contribution in [0.15, 0.2) is 18.2 Å². The summed E-state index contributed by atoms with van der Waals surface area (Å²) in [5, 5.41) is 2.78. The Morgan fingerprint density at radius 3 is 2.69 bits per heavy atom. The van der Waals surface area contributed by atoms with E-state index in [0.717, 1.165) is 5.69 Å². The monoisotopic (exact) mass is 238 g/mol. The second kappa shape index (κ2) is 5.34. The number of thioether (sulfide) groups is 1. The number of hydrogen-bond donors (Lipinski definition) is 1. The number of amides is 1. The maximum atomic E-state index is 11.6. The number of anilines is 1. The number of aromatic nitrogens is 1.